The number of hydrogen-bond donors (Lipinski definition) is 1. The number of amides is 1. The molecule has 0 saturated heterocycles. The third-order valence-electron chi connectivity index (χ3n) is 6.64. The molecule has 42 heavy (non-hydrogen) atoms. The number of hydrogen-bond acceptors (Lipinski definition) is 6. The van der Waals surface area contributed by atoms with Gasteiger partial charge in [0.05, 0.1) is 40.0 Å². The molecule has 5 aromatic rings. The normalized spacial score (nSPS) is 11.9. The van der Waals surface area contributed by atoms with E-state index in [2.05, 4.69) is 15.4 Å². The van der Waals surface area contributed by atoms with Gasteiger partial charge in [-0.15, -0.1) is 0 Å². The number of benzene rings is 3. The number of aromatic nitrogens is 3. The van der Waals surface area contributed by atoms with E-state index in [4.69, 9.17) is 4.74 Å². The fourth-order valence-electron chi connectivity index (χ4n) is 4.57. The van der Waals surface area contributed by atoms with Gasteiger partial charge in [0, 0.05) is 17.8 Å². The van der Waals surface area contributed by atoms with Crippen LogP contribution in [-0.4, -0.2) is 29.1 Å². The molecule has 0 atom stereocenters. The van der Waals surface area contributed by atoms with Crippen LogP contribution in [0.3, 0.4) is 0 Å². The van der Waals surface area contributed by atoms with Gasteiger partial charge in [-0.25, -0.2) is 12.8 Å². The molecule has 0 aliphatic rings. The molecule has 1 amide bonds. The van der Waals surface area contributed by atoms with Crippen LogP contribution in [0.1, 0.15) is 37.5 Å². The van der Waals surface area contributed by atoms with Crippen LogP contribution in [0.2, 0.25) is 0 Å². The van der Waals surface area contributed by atoms with Crippen molar-refractivity contribution < 1.29 is 22.3 Å². The highest BCUT2D eigenvalue weighted by atomic mass is 32.2. The Kier molecular flexibility index (Phi) is 7.83. The number of anilines is 1. The largest absolute Gasteiger partial charge is 0.453 e. The lowest BCUT2D eigenvalue weighted by Crippen LogP contribution is -2.22. The second-order valence-corrected chi connectivity index (χ2v) is 13.1. The third kappa shape index (κ3) is 6.49. The number of nitrogens with one attached hydrogen (secondary N) is 1. The van der Waals surface area contributed by atoms with Crippen LogP contribution >= 0.6 is 0 Å². The third-order valence-corrected chi connectivity index (χ3v) is 8.35. The summed E-state index contributed by atoms with van der Waals surface area (Å²) in [6.45, 7) is 7.72. The van der Waals surface area contributed by atoms with E-state index in [-0.39, 0.29) is 34.3 Å². The lowest BCUT2D eigenvalue weighted by molar-refractivity contribution is -0.115. The van der Waals surface area contributed by atoms with Gasteiger partial charge >= 0.3 is 0 Å². The number of sulfone groups is 1. The summed E-state index contributed by atoms with van der Waals surface area (Å²) in [6.07, 6.45) is 4.84. The van der Waals surface area contributed by atoms with E-state index in [1.54, 1.807) is 90.9 Å². The predicted octanol–water partition coefficient (Wildman–Crippen LogP) is 6.58. The molecule has 0 aliphatic heterocycles. The highest BCUT2D eigenvalue weighted by Crippen LogP contribution is 2.34. The van der Waals surface area contributed by atoms with Crippen molar-refractivity contribution in [3.63, 3.8) is 0 Å². The average Bonchev–Trinajstić information content (AvgIpc) is 3.40. The van der Waals surface area contributed by atoms with Crippen molar-refractivity contribution in [3.8, 4) is 11.5 Å². The Hall–Kier alpha value is -4.57. The zero-order valence-corrected chi connectivity index (χ0v) is 24.6. The summed E-state index contributed by atoms with van der Waals surface area (Å²) >= 11 is 0. The number of rotatable bonds is 8. The topological polar surface area (TPSA) is 103 Å². The molecule has 0 bridgehead atoms. The maximum Gasteiger partial charge on any atom is 0.228 e. The predicted molar refractivity (Wildman–Crippen MR) is 160 cm³/mol. The van der Waals surface area contributed by atoms with E-state index < -0.39 is 15.7 Å². The first-order valence-electron chi connectivity index (χ1n) is 13.4. The molecule has 0 spiro atoms. The molecule has 0 aliphatic carbocycles. The molecule has 216 valence electrons. The van der Waals surface area contributed by atoms with Crippen LogP contribution in [0, 0.1) is 12.7 Å². The van der Waals surface area contributed by atoms with Crippen LogP contribution in [0.15, 0.2) is 90.2 Å². The monoisotopic (exact) mass is 586 g/mol. The van der Waals surface area contributed by atoms with E-state index in [0.717, 1.165) is 0 Å². The number of carbonyl (C=O) groups is 1. The zero-order valence-electron chi connectivity index (χ0n) is 23.8. The fourth-order valence-corrected chi connectivity index (χ4v) is 5.92. The van der Waals surface area contributed by atoms with Gasteiger partial charge in [-0.2, -0.15) is 5.10 Å². The number of aryl methyl sites for hydroxylation is 1. The van der Waals surface area contributed by atoms with Gasteiger partial charge in [-0.05, 0) is 80.8 Å². The minimum atomic E-state index is -3.57. The zero-order chi connectivity index (χ0) is 30.1. The number of fused-ring (bicyclic) bond motifs is 1. The van der Waals surface area contributed by atoms with Gasteiger partial charge in [0.2, 0.25) is 5.91 Å². The molecule has 5 rings (SSSR count). The summed E-state index contributed by atoms with van der Waals surface area (Å²) in [5, 5.41) is 7.63. The molecule has 8 nitrogen and oxygen atoms in total. The highest BCUT2D eigenvalue weighted by Gasteiger charge is 2.19. The molecular weight excluding hydrogens is 555 g/mol. The van der Waals surface area contributed by atoms with Gasteiger partial charge in [0.1, 0.15) is 5.75 Å². The lowest BCUT2D eigenvalue weighted by Gasteiger charge is -2.18. The molecule has 2 aromatic heterocycles. The lowest BCUT2D eigenvalue weighted by atomic mass is 10.1. The van der Waals surface area contributed by atoms with Crippen LogP contribution < -0.4 is 10.1 Å². The number of ether oxygens (including phenoxy) is 1. The van der Waals surface area contributed by atoms with E-state index in [1.165, 1.54) is 6.07 Å². The average molecular weight is 587 g/mol. The molecule has 2 heterocycles. The molecule has 0 radical (unpaired) electrons. The summed E-state index contributed by atoms with van der Waals surface area (Å²) in [5.41, 5.74) is 2.47. The van der Waals surface area contributed by atoms with Crippen LogP contribution in [0.4, 0.5) is 10.1 Å². The molecule has 0 saturated carbocycles. The second-order valence-electron chi connectivity index (χ2n) is 11.1. The minimum Gasteiger partial charge on any atom is -0.453 e. The first-order chi connectivity index (χ1) is 19.9. The first-order valence-corrected chi connectivity index (χ1v) is 15.0. The Balaban J connectivity index is 1.35. The summed E-state index contributed by atoms with van der Waals surface area (Å²) < 4.78 is 49.0. The summed E-state index contributed by atoms with van der Waals surface area (Å²) in [5.74, 6) is -0.773. The Morgan fingerprint density at radius 1 is 1.02 bits per heavy atom. The number of carbonyl (C=O) groups excluding carboxylic acids is 1. The van der Waals surface area contributed by atoms with E-state index in [0.29, 0.717) is 39.0 Å². The van der Waals surface area contributed by atoms with Gasteiger partial charge in [-0.3, -0.25) is 14.5 Å². The standard InChI is InChI=1S/C32H31FN4O4S/c1-21-14-23(17-30(38)36-24-18-35-37(19-24)32(2,3)4)16-27(33)31(21)41-29-12-13-34-28-11-10-22(15-26(28)29)20-42(39,40)25-8-6-5-7-9-25/h5-16,18-19H,17,20H2,1-4H3,(H,36,38). The first kappa shape index (κ1) is 28.9. The summed E-state index contributed by atoms with van der Waals surface area (Å²) in [4.78, 5) is 17.2. The molecule has 1 N–H and O–H groups in total. The maximum atomic E-state index is 15.3. The Morgan fingerprint density at radius 3 is 2.48 bits per heavy atom. The Morgan fingerprint density at radius 2 is 1.79 bits per heavy atom. The SMILES string of the molecule is Cc1cc(CC(=O)Nc2cnn(C(C)(C)C)c2)cc(F)c1Oc1ccnc2ccc(CS(=O)(=O)c3ccccc3)cc12. The van der Waals surface area contributed by atoms with Gasteiger partial charge in [0.15, 0.2) is 21.4 Å². The molecule has 0 unspecified atom stereocenters. The number of halogens is 1. The van der Waals surface area contributed by atoms with Crippen LogP contribution in [0.25, 0.3) is 10.9 Å². The fraction of sp³-hybridized carbons (Fsp3) is 0.219. The second kappa shape index (κ2) is 11.4. The Bertz CT molecular complexity index is 1860. The maximum absolute atomic E-state index is 15.3. The van der Waals surface area contributed by atoms with Crippen molar-refractivity contribution in [2.24, 2.45) is 0 Å². The number of nitrogens with zero attached hydrogens (tertiary/aromatic N) is 3. The van der Waals surface area contributed by atoms with Crippen molar-refractivity contribution in [2.45, 2.75) is 50.3 Å². The molecule has 3 aromatic carbocycles. The smallest absolute Gasteiger partial charge is 0.228 e. The van der Waals surface area contributed by atoms with E-state index in [1.807, 2.05) is 20.8 Å². The van der Waals surface area contributed by atoms with Crippen LogP contribution in [0.5, 0.6) is 11.5 Å². The van der Waals surface area contributed by atoms with E-state index >= 15 is 4.39 Å². The van der Waals surface area contributed by atoms with Crippen LogP contribution in [-0.2, 0) is 32.3 Å². The summed E-state index contributed by atoms with van der Waals surface area (Å²) in [6, 6.07) is 18.0. The molecule has 0 fully saturated rings. The molecule has 10 heteroatoms. The quantitative estimate of drug-likeness (QED) is 0.220. The number of pyridine rings is 1. The summed E-state index contributed by atoms with van der Waals surface area (Å²) in [7, 11) is -3.57. The minimum absolute atomic E-state index is 0.0143. The van der Waals surface area contributed by atoms with Crippen molar-refractivity contribution in [1.82, 2.24) is 14.8 Å². The Labute approximate surface area is 244 Å². The van der Waals surface area contributed by atoms with Gasteiger partial charge in [0.25, 0.3) is 0 Å². The van der Waals surface area contributed by atoms with Crippen molar-refractivity contribution in [2.75, 3.05) is 5.32 Å². The molecular formula is C32H31FN4O4S. The highest BCUT2D eigenvalue weighted by molar-refractivity contribution is 7.90. The van der Waals surface area contributed by atoms with Gasteiger partial charge in [-0.1, -0.05) is 30.3 Å². The van der Waals surface area contributed by atoms with Crippen molar-refractivity contribution in [3.05, 3.63) is 108 Å². The van der Waals surface area contributed by atoms with Crippen molar-refractivity contribution >= 4 is 32.3 Å². The van der Waals surface area contributed by atoms with Gasteiger partial charge < -0.3 is 10.1 Å². The van der Waals surface area contributed by atoms with Crippen molar-refractivity contribution in [1.29, 1.82) is 0 Å². The van der Waals surface area contributed by atoms with E-state index in [9.17, 15) is 13.2 Å².